The highest BCUT2D eigenvalue weighted by Gasteiger charge is 2.29. The van der Waals surface area contributed by atoms with Gasteiger partial charge in [-0.05, 0) is 51.3 Å². The lowest BCUT2D eigenvalue weighted by atomic mass is 10.2. The van der Waals surface area contributed by atoms with Crippen LogP contribution in [0, 0.1) is 17.2 Å². The summed E-state index contributed by atoms with van der Waals surface area (Å²) in [5.41, 5.74) is 0.613. The Bertz CT molecular complexity index is 448. The van der Waals surface area contributed by atoms with Gasteiger partial charge in [0.1, 0.15) is 11.8 Å². The molecule has 1 fully saturated rings. The van der Waals surface area contributed by atoms with Crippen LogP contribution in [0.4, 0.5) is 0 Å². The Morgan fingerprint density at radius 2 is 2.16 bits per heavy atom. The molecule has 0 heterocycles. The molecule has 0 spiro atoms. The maximum absolute atomic E-state index is 8.97. The van der Waals surface area contributed by atoms with E-state index in [-0.39, 0.29) is 0 Å². The van der Waals surface area contributed by atoms with E-state index in [9.17, 15) is 0 Å². The predicted octanol–water partition coefficient (Wildman–Crippen LogP) is 3.06. The minimum atomic E-state index is 0.613. The molecule has 0 bridgehead atoms. The molecule has 2 rings (SSSR count). The first-order valence-corrected chi connectivity index (χ1v) is 7.04. The second-order valence-electron chi connectivity index (χ2n) is 5.37. The summed E-state index contributed by atoms with van der Waals surface area (Å²) >= 11 is 0. The molecule has 1 aliphatic carbocycles. The fourth-order valence-corrected chi connectivity index (χ4v) is 2.32. The van der Waals surface area contributed by atoms with Crippen molar-refractivity contribution in [3.05, 3.63) is 29.8 Å². The van der Waals surface area contributed by atoms with Crippen molar-refractivity contribution in [3.8, 4) is 11.8 Å². The number of para-hydroxylation sites is 1. The first-order chi connectivity index (χ1) is 9.22. The monoisotopic (exact) mass is 258 g/mol. The molecule has 1 aromatic rings. The lowest BCUT2D eigenvalue weighted by Crippen LogP contribution is -2.32. The van der Waals surface area contributed by atoms with Gasteiger partial charge in [0, 0.05) is 12.6 Å². The molecular formula is C16H22N2O. The van der Waals surface area contributed by atoms with E-state index in [1.807, 2.05) is 18.2 Å². The summed E-state index contributed by atoms with van der Waals surface area (Å²) in [5, 5.41) is 8.97. The summed E-state index contributed by atoms with van der Waals surface area (Å²) < 4.78 is 5.69. The van der Waals surface area contributed by atoms with Crippen LogP contribution in [-0.4, -0.2) is 31.1 Å². The fourth-order valence-electron chi connectivity index (χ4n) is 2.32. The maximum Gasteiger partial charge on any atom is 0.137 e. The number of hydrogen-bond donors (Lipinski definition) is 0. The van der Waals surface area contributed by atoms with Gasteiger partial charge >= 0.3 is 0 Å². The van der Waals surface area contributed by atoms with Crippen LogP contribution in [0.2, 0.25) is 0 Å². The number of ether oxygens (including phenoxy) is 1. The number of nitrogens with zero attached hydrogens (tertiary/aromatic N) is 2. The van der Waals surface area contributed by atoms with Crippen LogP contribution < -0.4 is 4.74 Å². The van der Waals surface area contributed by atoms with Crippen molar-refractivity contribution in [2.45, 2.75) is 32.2 Å². The lowest BCUT2D eigenvalue weighted by Gasteiger charge is -2.24. The average Bonchev–Trinajstić information content (AvgIpc) is 3.27. The van der Waals surface area contributed by atoms with Gasteiger partial charge in [-0.2, -0.15) is 5.26 Å². The summed E-state index contributed by atoms with van der Waals surface area (Å²) in [4.78, 5) is 2.41. The number of nitriles is 1. The normalized spacial score (nSPS) is 16.1. The molecule has 1 atom stereocenters. The first-order valence-electron chi connectivity index (χ1n) is 7.04. The van der Waals surface area contributed by atoms with Gasteiger partial charge in [0.15, 0.2) is 0 Å². The molecule has 1 aliphatic rings. The molecule has 3 nitrogen and oxygen atoms in total. The topological polar surface area (TPSA) is 36.3 Å². The van der Waals surface area contributed by atoms with E-state index in [1.54, 1.807) is 6.07 Å². The molecular weight excluding hydrogens is 236 g/mol. The highest BCUT2D eigenvalue weighted by Crippen LogP contribution is 2.34. The van der Waals surface area contributed by atoms with Crippen LogP contribution in [0.25, 0.3) is 0 Å². The number of hydrogen-bond acceptors (Lipinski definition) is 3. The van der Waals surface area contributed by atoms with Gasteiger partial charge in [-0.15, -0.1) is 0 Å². The molecule has 1 aromatic carbocycles. The van der Waals surface area contributed by atoms with Crippen molar-refractivity contribution in [1.82, 2.24) is 4.90 Å². The molecule has 1 saturated carbocycles. The lowest BCUT2D eigenvalue weighted by molar-refractivity contribution is 0.208. The third-order valence-electron chi connectivity index (χ3n) is 3.92. The molecule has 19 heavy (non-hydrogen) atoms. The van der Waals surface area contributed by atoms with Gasteiger partial charge in [0.25, 0.3) is 0 Å². The van der Waals surface area contributed by atoms with E-state index in [0.717, 1.165) is 18.9 Å². The third kappa shape index (κ3) is 3.97. The molecule has 0 saturated heterocycles. The standard InChI is InChI=1S/C16H22N2O/c1-13(14-8-9-14)18(2)10-5-11-19-16-7-4-3-6-15(16)12-17/h3-4,6-7,13-14H,5,8-11H2,1-2H3. The summed E-state index contributed by atoms with van der Waals surface area (Å²) in [5.74, 6) is 1.60. The minimum Gasteiger partial charge on any atom is -0.492 e. The Labute approximate surface area is 115 Å². The molecule has 0 radical (unpaired) electrons. The van der Waals surface area contributed by atoms with Crippen molar-refractivity contribution >= 4 is 0 Å². The molecule has 0 N–H and O–H groups in total. The summed E-state index contributed by atoms with van der Waals surface area (Å²) in [6, 6.07) is 10.2. The van der Waals surface area contributed by atoms with E-state index in [0.29, 0.717) is 24.0 Å². The Hall–Kier alpha value is -1.53. The number of rotatable bonds is 7. The van der Waals surface area contributed by atoms with Gasteiger partial charge in [0.05, 0.1) is 12.2 Å². The fraction of sp³-hybridized carbons (Fsp3) is 0.562. The molecule has 3 heteroatoms. The van der Waals surface area contributed by atoms with Crippen molar-refractivity contribution in [1.29, 1.82) is 5.26 Å². The van der Waals surface area contributed by atoms with E-state index in [2.05, 4.69) is 24.9 Å². The summed E-state index contributed by atoms with van der Waals surface area (Å²) in [6.07, 6.45) is 3.77. The minimum absolute atomic E-state index is 0.613. The first kappa shape index (κ1) is 13.9. The van der Waals surface area contributed by atoms with E-state index in [4.69, 9.17) is 10.00 Å². The van der Waals surface area contributed by atoms with Crippen molar-refractivity contribution in [2.75, 3.05) is 20.2 Å². The van der Waals surface area contributed by atoms with Crippen LogP contribution in [0.1, 0.15) is 31.7 Å². The van der Waals surface area contributed by atoms with E-state index >= 15 is 0 Å². The molecule has 0 amide bonds. The second kappa shape index (κ2) is 6.58. The SMILES string of the molecule is CC(C1CC1)N(C)CCCOc1ccccc1C#N. The van der Waals surface area contributed by atoms with Gasteiger partial charge in [-0.3, -0.25) is 0 Å². The summed E-state index contributed by atoms with van der Waals surface area (Å²) in [6.45, 7) is 4.02. The average molecular weight is 258 g/mol. The van der Waals surface area contributed by atoms with Crippen molar-refractivity contribution in [2.24, 2.45) is 5.92 Å². The highest BCUT2D eigenvalue weighted by molar-refractivity contribution is 5.42. The smallest absolute Gasteiger partial charge is 0.137 e. The maximum atomic E-state index is 8.97. The Balaban J connectivity index is 1.70. The predicted molar refractivity (Wildman–Crippen MR) is 76.1 cm³/mol. The quantitative estimate of drug-likeness (QED) is 0.705. The van der Waals surface area contributed by atoms with Crippen LogP contribution in [-0.2, 0) is 0 Å². The van der Waals surface area contributed by atoms with Gasteiger partial charge < -0.3 is 9.64 Å². The van der Waals surface area contributed by atoms with Crippen LogP contribution in [0.15, 0.2) is 24.3 Å². The van der Waals surface area contributed by atoms with Gasteiger partial charge in [-0.1, -0.05) is 12.1 Å². The Kier molecular flexibility index (Phi) is 4.81. The second-order valence-corrected chi connectivity index (χ2v) is 5.37. The van der Waals surface area contributed by atoms with E-state index in [1.165, 1.54) is 12.8 Å². The number of benzene rings is 1. The van der Waals surface area contributed by atoms with Gasteiger partial charge in [-0.25, -0.2) is 0 Å². The van der Waals surface area contributed by atoms with Crippen LogP contribution >= 0.6 is 0 Å². The summed E-state index contributed by atoms with van der Waals surface area (Å²) in [7, 11) is 2.19. The molecule has 0 aromatic heterocycles. The molecule has 0 aliphatic heterocycles. The zero-order chi connectivity index (χ0) is 13.7. The zero-order valence-electron chi connectivity index (χ0n) is 11.8. The van der Waals surface area contributed by atoms with E-state index < -0.39 is 0 Å². The van der Waals surface area contributed by atoms with Gasteiger partial charge in [0.2, 0.25) is 0 Å². The zero-order valence-corrected chi connectivity index (χ0v) is 11.8. The van der Waals surface area contributed by atoms with Crippen molar-refractivity contribution < 1.29 is 4.74 Å². The largest absolute Gasteiger partial charge is 0.492 e. The molecule has 1 unspecified atom stereocenters. The third-order valence-corrected chi connectivity index (χ3v) is 3.92. The van der Waals surface area contributed by atoms with Crippen LogP contribution in [0.3, 0.4) is 0 Å². The molecule has 102 valence electrons. The highest BCUT2D eigenvalue weighted by atomic mass is 16.5. The van der Waals surface area contributed by atoms with Crippen LogP contribution in [0.5, 0.6) is 5.75 Å². The van der Waals surface area contributed by atoms with Crippen molar-refractivity contribution in [3.63, 3.8) is 0 Å². The Morgan fingerprint density at radius 3 is 2.84 bits per heavy atom. The Morgan fingerprint density at radius 1 is 1.42 bits per heavy atom.